The molecule has 3 N–H and O–H groups in total. The Balaban J connectivity index is 2.78. The molecule has 1 aromatic heterocycles. The molecule has 1 aromatic rings. The summed E-state index contributed by atoms with van der Waals surface area (Å²) in [4.78, 5) is 14.5. The zero-order valence-corrected chi connectivity index (χ0v) is 7.77. The SMILES string of the molecule is CC(CO)Nc1cc(C(=O)O)ccn1. The second-order valence-electron chi connectivity index (χ2n) is 2.96. The molecule has 0 saturated heterocycles. The highest BCUT2D eigenvalue weighted by Crippen LogP contribution is 2.07. The third kappa shape index (κ3) is 2.70. The van der Waals surface area contributed by atoms with Crippen molar-refractivity contribution in [3.63, 3.8) is 0 Å². The number of anilines is 1. The van der Waals surface area contributed by atoms with Gasteiger partial charge in [-0.05, 0) is 19.1 Å². The third-order valence-corrected chi connectivity index (χ3v) is 1.68. The minimum atomic E-state index is -0.993. The van der Waals surface area contributed by atoms with E-state index in [0.29, 0.717) is 5.82 Å². The smallest absolute Gasteiger partial charge is 0.335 e. The van der Waals surface area contributed by atoms with Gasteiger partial charge in [-0.1, -0.05) is 0 Å². The second kappa shape index (κ2) is 4.57. The van der Waals surface area contributed by atoms with Gasteiger partial charge in [0, 0.05) is 12.2 Å². The van der Waals surface area contributed by atoms with Gasteiger partial charge in [-0.25, -0.2) is 9.78 Å². The monoisotopic (exact) mass is 196 g/mol. The second-order valence-corrected chi connectivity index (χ2v) is 2.96. The van der Waals surface area contributed by atoms with Crippen LogP contribution in [0.25, 0.3) is 0 Å². The number of carboxylic acid groups (broad SMARTS) is 1. The van der Waals surface area contributed by atoms with E-state index in [1.165, 1.54) is 18.3 Å². The Morgan fingerprint density at radius 2 is 2.43 bits per heavy atom. The fraction of sp³-hybridized carbons (Fsp3) is 0.333. The van der Waals surface area contributed by atoms with E-state index < -0.39 is 5.97 Å². The van der Waals surface area contributed by atoms with Crippen molar-refractivity contribution in [1.29, 1.82) is 0 Å². The maximum absolute atomic E-state index is 10.6. The van der Waals surface area contributed by atoms with E-state index in [1.807, 2.05) is 0 Å². The molecule has 0 saturated carbocycles. The molecule has 5 nitrogen and oxygen atoms in total. The predicted octanol–water partition coefficient (Wildman–Crippen LogP) is 0.573. The van der Waals surface area contributed by atoms with Gasteiger partial charge in [0.05, 0.1) is 12.2 Å². The number of hydrogen-bond donors (Lipinski definition) is 3. The van der Waals surface area contributed by atoms with Crippen molar-refractivity contribution in [1.82, 2.24) is 4.98 Å². The Morgan fingerprint density at radius 1 is 1.71 bits per heavy atom. The van der Waals surface area contributed by atoms with Crippen LogP contribution >= 0.6 is 0 Å². The van der Waals surface area contributed by atoms with Crippen LogP contribution in [-0.4, -0.2) is 33.8 Å². The molecule has 0 aliphatic rings. The number of nitrogens with zero attached hydrogens (tertiary/aromatic N) is 1. The van der Waals surface area contributed by atoms with E-state index in [9.17, 15) is 4.79 Å². The molecule has 0 bridgehead atoms. The van der Waals surface area contributed by atoms with E-state index in [2.05, 4.69) is 10.3 Å². The summed E-state index contributed by atoms with van der Waals surface area (Å²) in [5.74, 6) is -0.543. The van der Waals surface area contributed by atoms with Gasteiger partial charge in [0.2, 0.25) is 0 Å². The van der Waals surface area contributed by atoms with Crippen LogP contribution in [0.5, 0.6) is 0 Å². The van der Waals surface area contributed by atoms with Crippen molar-refractivity contribution in [2.24, 2.45) is 0 Å². The standard InChI is InChI=1S/C9H12N2O3/c1-6(5-12)11-8-4-7(9(13)14)2-3-10-8/h2-4,6,12H,5H2,1H3,(H,10,11)(H,13,14). The van der Waals surface area contributed by atoms with Crippen LogP contribution in [0.2, 0.25) is 0 Å². The van der Waals surface area contributed by atoms with Crippen LogP contribution < -0.4 is 5.32 Å². The lowest BCUT2D eigenvalue weighted by Crippen LogP contribution is -2.20. The molecule has 0 spiro atoms. The van der Waals surface area contributed by atoms with Crippen molar-refractivity contribution < 1.29 is 15.0 Å². The van der Waals surface area contributed by atoms with Crippen molar-refractivity contribution in [3.8, 4) is 0 Å². The Kier molecular flexibility index (Phi) is 3.41. The number of nitrogens with one attached hydrogen (secondary N) is 1. The predicted molar refractivity (Wildman–Crippen MR) is 51.4 cm³/mol. The lowest BCUT2D eigenvalue weighted by atomic mass is 10.2. The minimum absolute atomic E-state index is 0.0288. The molecule has 5 heteroatoms. The Hall–Kier alpha value is -1.62. The fourth-order valence-electron chi connectivity index (χ4n) is 0.941. The van der Waals surface area contributed by atoms with Crippen molar-refractivity contribution in [3.05, 3.63) is 23.9 Å². The fourth-order valence-corrected chi connectivity index (χ4v) is 0.941. The van der Waals surface area contributed by atoms with Crippen LogP contribution in [0.3, 0.4) is 0 Å². The summed E-state index contributed by atoms with van der Waals surface area (Å²) in [5, 5.41) is 20.3. The van der Waals surface area contributed by atoms with Gasteiger partial charge in [-0.3, -0.25) is 0 Å². The zero-order chi connectivity index (χ0) is 10.6. The van der Waals surface area contributed by atoms with E-state index in [1.54, 1.807) is 6.92 Å². The lowest BCUT2D eigenvalue weighted by Gasteiger charge is -2.11. The van der Waals surface area contributed by atoms with Crippen molar-refractivity contribution in [2.45, 2.75) is 13.0 Å². The number of carboxylic acids is 1. The molecule has 0 aliphatic carbocycles. The first-order chi connectivity index (χ1) is 6.63. The van der Waals surface area contributed by atoms with Gasteiger partial charge in [-0.15, -0.1) is 0 Å². The first-order valence-corrected chi connectivity index (χ1v) is 4.20. The van der Waals surface area contributed by atoms with Crippen LogP contribution in [-0.2, 0) is 0 Å². The molecule has 0 aliphatic heterocycles. The number of pyridine rings is 1. The molecular weight excluding hydrogens is 184 g/mol. The Labute approximate surface area is 81.4 Å². The highest BCUT2D eigenvalue weighted by atomic mass is 16.4. The number of aliphatic hydroxyl groups excluding tert-OH is 1. The Bertz CT molecular complexity index is 328. The van der Waals surface area contributed by atoms with Crippen molar-refractivity contribution in [2.75, 3.05) is 11.9 Å². The maximum atomic E-state index is 10.6. The van der Waals surface area contributed by atoms with Crippen LogP contribution in [0, 0.1) is 0 Å². The molecule has 0 amide bonds. The van der Waals surface area contributed by atoms with Gasteiger partial charge in [-0.2, -0.15) is 0 Å². The average Bonchev–Trinajstić information content (AvgIpc) is 2.18. The highest BCUT2D eigenvalue weighted by molar-refractivity contribution is 5.88. The summed E-state index contributed by atoms with van der Waals surface area (Å²) in [6, 6.07) is 2.69. The summed E-state index contributed by atoms with van der Waals surface area (Å²) in [6.07, 6.45) is 1.41. The largest absolute Gasteiger partial charge is 0.478 e. The molecule has 76 valence electrons. The number of carbonyl (C=O) groups is 1. The van der Waals surface area contributed by atoms with Gasteiger partial charge >= 0.3 is 5.97 Å². The quantitative estimate of drug-likeness (QED) is 0.655. The summed E-state index contributed by atoms with van der Waals surface area (Å²) in [7, 11) is 0. The molecule has 0 aromatic carbocycles. The third-order valence-electron chi connectivity index (χ3n) is 1.68. The number of aliphatic hydroxyl groups is 1. The van der Waals surface area contributed by atoms with E-state index in [0.717, 1.165) is 0 Å². The molecule has 1 unspecified atom stereocenters. The molecular formula is C9H12N2O3. The van der Waals surface area contributed by atoms with Gasteiger partial charge < -0.3 is 15.5 Å². The van der Waals surface area contributed by atoms with Gasteiger partial charge in [0.25, 0.3) is 0 Å². The topological polar surface area (TPSA) is 82.5 Å². The average molecular weight is 196 g/mol. The van der Waals surface area contributed by atoms with Crippen LogP contribution in [0.15, 0.2) is 18.3 Å². The minimum Gasteiger partial charge on any atom is -0.478 e. The number of rotatable bonds is 4. The van der Waals surface area contributed by atoms with Gasteiger partial charge in [0.1, 0.15) is 5.82 Å². The summed E-state index contributed by atoms with van der Waals surface area (Å²) in [6.45, 7) is 1.74. The zero-order valence-electron chi connectivity index (χ0n) is 7.77. The van der Waals surface area contributed by atoms with Crippen LogP contribution in [0.4, 0.5) is 5.82 Å². The normalized spacial score (nSPS) is 12.1. The summed E-state index contributed by atoms with van der Waals surface area (Å²) < 4.78 is 0. The first kappa shape index (κ1) is 10.5. The number of hydrogen-bond acceptors (Lipinski definition) is 4. The molecule has 1 heterocycles. The Morgan fingerprint density at radius 3 is 3.00 bits per heavy atom. The maximum Gasteiger partial charge on any atom is 0.335 e. The molecule has 14 heavy (non-hydrogen) atoms. The van der Waals surface area contributed by atoms with Gasteiger partial charge in [0.15, 0.2) is 0 Å². The summed E-state index contributed by atoms with van der Waals surface area (Å²) in [5.41, 5.74) is 0.174. The van der Waals surface area contributed by atoms with E-state index in [4.69, 9.17) is 10.2 Å². The molecule has 1 atom stereocenters. The summed E-state index contributed by atoms with van der Waals surface area (Å²) >= 11 is 0. The number of aromatic carboxylic acids is 1. The van der Waals surface area contributed by atoms with Crippen molar-refractivity contribution >= 4 is 11.8 Å². The molecule has 0 fully saturated rings. The molecule has 0 radical (unpaired) electrons. The highest BCUT2D eigenvalue weighted by Gasteiger charge is 2.05. The van der Waals surface area contributed by atoms with E-state index >= 15 is 0 Å². The van der Waals surface area contributed by atoms with E-state index in [-0.39, 0.29) is 18.2 Å². The van der Waals surface area contributed by atoms with Crippen LogP contribution in [0.1, 0.15) is 17.3 Å². The first-order valence-electron chi connectivity index (χ1n) is 4.20. The number of aromatic nitrogens is 1. The molecule has 1 rings (SSSR count). The lowest BCUT2D eigenvalue weighted by molar-refractivity contribution is 0.0697.